The molecule has 2 aromatic rings. The molecule has 0 atom stereocenters. The van der Waals surface area contributed by atoms with Gasteiger partial charge in [0.2, 0.25) is 0 Å². The van der Waals surface area contributed by atoms with Gasteiger partial charge >= 0.3 is 5.97 Å². The van der Waals surface area contributed by atoms with E-state index in [1.807, 2.05) is 37.3 Å². The third-order valence-corrected chi connectivity index (χ3v) is 2.49. The van der Waals surface area contributed by atoms with Crippen LogP contribution in [-0.2, 0) is 9.53 Å². The molecule has 0 aliphatic rings. The van der Waals surface area contributed by atoms with Crippen molar-refractivity contribution < 1.29 is 14.3 Å². The predicted octanol–water partition coefficient (Wildman–Crippen LogP) is 3.00. The van der Waals surface area contributed by atoms with Crippen LogP contribution < -0.4 is 4.74 Å². The maximum Gasteiger partial charge on any atom is 0.333 e. The van der Waals surface area contributed by atoms with E-state index in [4.69, 9.17) is 9.47 Å². The molecule has 0 aliphatic carbocycles. The molecule has 1 heterocycles. The highest BCUT2D eigenvalue weighted by atomic mass is 16.5. The molecular weight excluding hydrogens is 242 g/mol. The molecule has 2 rings (SSSR count). The van der Waals surface area contributed by atoms with E-state index in [1.54, 1.807) is 6.92 Å². The lowest BCUT2D eigenvalue weighted by atomic mass is 10.2. The number of aromatic nitrogens is 1. The van der Waals surface area contributed by atoms with E-state index in [9.17, 15) is 4.79 Å². The number of para-hydroxylation sites is 1. The lowest BCUT2D eigenvalue weighted by Gasteiger charge is -2.06. The first-order chi connectivity index (χ1) is 9.20. The second-order valence-corrected chi connectivity index (χ2v) is 3.95. The third kappa shape index (κ3) is 3.31. The van der Waals surface area contributed by atoms with Crippen LogP contribution in [0.2, 0.25) is 0 Å². The molecule has 0 bridgehead atoms. The highest BCUT2D eigenvalue weighted by Gasteiger charge is 2.03. The summed E-state index contributed by atoms with van der Waals surface area (Å²) in [6, 6.07) is 9.52. The molecule has 0 saturated heterocycles. The Bertz CT molecular complexity index is 620. The topological polar surface area (TPSA) is 48.4 Å². The van der Waals surface area contributed by atoms with Gasteiger partial charge in [-0.2, -0.15) is 0 Å². The van der Waals surface area contributed by atoms with Gasteiger partial charge in [0.15, 0.2) is 0 Å². The summed E-state index contributed by atoms with van der Waals surface area (Å²) in [5.41, 5.74) is 1.72. The molecule has 0 radical (unpaired) electrons. The molecule has 0 aliphatic heterocycles. The normalized spacial score (nSPS) is 10.8. The number of fused-ring (bicyclic) bond motifs is 1. The fraction of sp³-hybridized carbons (Fsp3) is 0.200. The molecule has 1 aromatic carbocycles. The van der Waals surface area contributed by atoms with Crippen LogP contribution in [0.1, 0.15) is 12.6 Å². The van der Waals surface area contributed by atoms with E-state index < -0.39 is 5.97 Å². The van der Waals surface area contributed by atoms with Gasteiger partial charge in [0.1, 0.15) is 5.75 Å². The van der Waals surface area contributed by atoms with Crippen molar-refractivity contribution in [3.63, 3.8) is 0 Å². The van der Waals surface area contributed by atoms with Gasteiger partial charge in [0.25, 0.3) is 0 Å². The Morgan fingerprint density at radius 3 is 2.95 bits per heavy atom. The summed E-state index contributed by atoms with van der Waals surface area (Å²) in [4.78, 5) is 15.6. The first kappa shape index (κ1) is 13.1. The zero-order valence-corrected chi connectivity index (χ0v) is 10.9. The van der Waals surface area contributed by atoms with Crippen molar-refractivity contribution >= 4 is 16.9 Å². The molecule has 0 unspecified atom stereocenters. The number of carbonyl (C=O) groups is 1. The minimum absolute atomic E-state index is 0.348. The Balaban J connectivity index is 2.23. The number of pyridine rings is 1. The molecule has 0 saturated carbocycles. The lowest BCUT2D eigenvalue weighted by Crippen LogP contribution is -1.99. The Labute approximate surface area is 111 Å². The van der Waals surface area contributed by atoms with Crippen LogP contribution in [0.3, 0.4) is 0 Å². The average molecular weight is 257 g/mol. The van der Waals surface area contributed by atoms with Gasteiger partial charge in [-0.05, 0) is 26.0 Å². The number of esters is 1. The largest absolute Gasteiger partial charge is 0.464 e. The summed E-state index contributed by atoms with van der Waals surface area (Å²) in [5, 5.41) is 0.904. The highest BCUT2D eigenvalue weighted by molar-refractivity contribution is 5.85. The zero-order valence-electron chi connectivity index (χ0n) is 10.9. The van der Waals surface area contributed by atoms with E-state index >= 15 is 0 Å². The van der Waals surface area contributed by atoms with Crippen molar-refractivity contribution in [1.82, 2.24) is 4.98 Å². The van der Waals surface area contributed by atoms with Crippen molar-refractivity contribution in [3.8, 4) is 5.75 Å². The number of hydrogen-bond acceptors (Lipinski definition) is 4. The van der Waals surface area contributed by atoms with Gasteiger partial charge < -0.3 is 9.47 Å². The fourth-order valence-corrected chi connectivity index (χ4v) is 1.72. The quantitative estimate of drug-likeness (QED) is 0.480. The number of nitrogens with zero attached hydrogens (tertiary/aromatic N) is 1. The molecular formula is C15H15NO3. The van der Waals surface area contributed by atoms with Crippen molar-refractivity contribution in [2.24, 2.45) is 0 Å². The third-order valence-electron chi connectivity index (χ3n) is 2.49. The van der Waals surface area contributed by atoms with E-state index in [0.717, 1.165) is 16.6 Å². The number of ether oxygens (including phenoxy) is 2. The Hall–Kier alpha value is -2.36. The molecule has 4 heteroatoms. The standard InChI is InChI=1S/C15H15NO3/c1-3-18-15(17)8-9-19-14-10-11(2)16-13-7-5-4-6-12(13)14/h4-10H,3H2,1-2H3/b9-8+. The fourth-order valence-electron chi connectivity index (χ4n) is 1.72. The van der Waals surface area contributed by atoms with Gasteiger partial charge in [-0.3, -0.25) is 4.98 Å². The molecule has 0 N–H and O–H groups in total. The maximum atomic E-state index is 11.2. The average Bonchev–Trinajstić information content (AvgIpc) is 2.38. The summed E-state index contributed by atoms with van der Waals surface area (Å²) in [7, 11) is 0. The zero-order chi connectivity index (χ0) is 13.7. The molecule has 1 aromatic heterocycles. The maximum absolute atomic E-state index is 11.2. The molecule has 98 valence electrons. The van der Waals surface area contributed by atoms with Crippen LogP contribution in [0, 0.1) is 6.92 Å². The van der Waals surface area contributed by atoms with Gasteiger partial charge in [0.05, 0.1) is 24.5 Å². The number of benzene rings is 1. The van der Waals surface area contributed by atoms with E-state index in [-0.39, 0.29) is 0 Å². The van der Waals surface area contributed by atoms with Gasteiger partial charge in [-0.1, -0.05) is 12.1 Å². The smallest absolute Gasteiger partial charge is 0.333 e. The van der Waals surface area contributed by atoms with Gasteiger partial charge in [-0.25, -0.2) is 4.79 Å². The Morgan fingerprint density at radius 2 is 2.16 bits per heavy atom. The number of carbonyl (C=O) groups excluding carboxylic acids is 1. The van der Waals surface area contributed by atoms with E-state index in [1.165, 1.54) is 12.3 Å². The Morgan fingerprint density at radius 1 is 1.37 bits per heavy atom. The number of aryl methyl sites for hydroxylation is 1. The summed E-state index contributed by atoms with van der Waals surface area (Å²) >= 11 is 0. The van der Waals surface area contributed by atoms with Crippen molar-refractivity contribution in [2.45, 2.75) is 13.8 Å². The first-order valence-electron chi connectivity index (χ1n) is 6.07. The summed E-state index contributed by atoms with van der Waals surface area (Å²) < 4.78 is 10.3. The summed E-state index contributed by atoms with van der Waals surface area (Å²) in [5.74, 6) is 0.251. The minimum atomic E-state index is -0.419. The van der Waals surface area contributed by atoms with Crippen molar-refractivity contribution in [1.29, 1.82) is 0 Å². The SMILES string of the molecule is CCOC(=O)/C=C/Oc1cc(C)nc2ccccc12. The van der Waals surface area contributed by atoms with E-state index in [0.29, 0.717) is 12.4 Å². The van der Waals surface area contributed by atoms with Crippen molar-refractivity contribution in [2.75, 3.05) is 6.61 Å². The van der Waals surface area contributed by atoms with Crippen LogP contribution >= 0.6 is 0 Å². The first-order valence-corrected chi connectivity index (χ1v) is 6.07. The second-order valence-electron chi connectivity index (χ2n) is 3.95. The minimum Gasteiger partial charge on any atom is -0.464 e. The number of hydrogen-bond donors (Lipinski definition) is 0. The second kappa shape index (κ2) is 6.00. The predicted molar refractivity (Wildman–Crippen MR) is 72.9 cm³/mol. The summed E-state index contributed by atoms with van der Waals surface area (Å²) in [6.07, 6.45) is 2.59. The highest BCUT2D eigenvalue weighted by Crippen LogP contribution is 2.25. The van der Waals surface area contributed by atoms with Crippen LogP contribution in [0.15, 0.2) is 42.7 Å². The number of rotatable bonds is 4. The van der Waals surface area contributed by atoms with Gasteiger partial charge in [-0.15, -0.1) is 0 Å². The molecule has 4 nitrogen and oxygen atoms in total. The molecule has 0 spiro atoms. The summed E-state index contributed by atoms with van der Waals surface area (Å²) in [6.45, 7) is 4.00. The van der Waals surface area contributed by atoms with E-state index in [2.05, 4.69) is 4.98 Å². The Kier molecular flexibility index (Phi) is 4.13. The van der Waals surface area contributed by atoms with Crippen LogP contribution in [0.5, 0.6) is 5.75 Å². The lowest BCUT2D eigenvalue weighted by molar-refractivity contribution is -0.137. The van der Waals surface area contributed by atoms with Crippen LogP contribution in [0.4, 0.5) is 0 Å². The molecule has 0 fully saturated rings. The molecule has 0 amide bonds. The van der Waals surface area contributed by atoms with Crippen molar-refractivity contribution in [3.05, 3.63) is 48.4 Å². The molecule has 19 heavy (non-hydrogen) atoms. The van der Waals surface area contributed by atoms with Crippen LogP contribution in [0.25, 0.3) is 10.9 Å². The monoisotopic (exact) mass is 257 g/mol. The van der Waals surface area contributed by atoms with Gasteiger partial charge in [0, 0.05) is 17.1 Å². The van der Waals surface area contributed by atoms with Crippen LogP contribution in [-0.4, -0.2) is 17.6 Å².